The summed E-state index contributed by atoms with van der Waals surface area (Å²) in [5, 5.41) is 0. The number of carbonyl (C=O) groups is 2. The Bertz CT molecular complexity index is 1380. The second-order valence-electron chi connectivity index (χ2n) is 10.9. The number of amides is 2. The van der Waals surface area contributed by atoms with Crippen LogP contribution in [0, 0.1) is 4.91 Å². The predicted octanol–water partition coefficient (Wildman–Crippen LogP) is 3.42. The zero-order chi connectivity index (χ0) is 29.1. The number of nitrogens with one attached hydrogen (secondary N) is 1. The van der Waals surface area contributed by atoms with Gasteiger partial charge in [-0.15, -0.1) is 5.43 Å². The van der Waals surface area contributed by atoms with Crippen LogP contribution in [0.25, 0.3) is 0 Å². The maximum atomic E-state index is 13.3. The average Bonchev–Trinajstić information content (AvgIpc) is 3.02. The first-order valence-electron chi connectivity index (χ1n) is 14.7. The van der Waals surface area contributed by atoms with Gasteiger partial charge in [0.1, 0.15) is 5.69 Å². The minimum atomic E-state index is -0.0277. The lowest BCUT2D eigenvalue weighted by molar-refractivity contribution is -0.427. The molecule has 11 heteroatoms. The zero-order valence-corrected chi connectivity index (χ0v) is 23.9. The van der Waals surface area contributed by atoms with Crippen molar-refractivity contribution < 1.29 is 23.9 Å². The number of hydrazine groups is 1. The number of anilines is 3. The smallest absolute Gasteiger partial charge is 0.292 e. The van der Waals surface area contributed by atoms with Crippen molar-refractivity contribution >= 4 is 34.6 Å². The molecule has 1 N–H and O–H groups in total. The Balaban J connectivity index is 1.07. The van der Waals surface area contributed by atoms with Crippen LogP contribution in [0.5, 0.6) is 0 Å². The van der Waals surface area contributed by atoms with Gasteiger partial charge < -0.3 is 29.1 Å². The Morgan fingerprint density at radius 2 is 1.29 bits per heavy atom. The molecule has 0 radical (unpaired) electrons. The van der Waals surface area contributed by atoms with Gasteiger partial charge in [-0.3, -0.25) is 9.59 Å². The van der Waals surface area contributed by atoms with Crippen molar-refractivity contribution in [1.29, 1.82) is 0 Å². The van der Waals surface area contributed by atoms with E-state index in [-0.39, 0.29) is 17.9 Å². The second-order valence-corrected chi connectivity index (χ2v) is 10.9. The molecule has 1 unspecified atom stereocenters. The molecule has 4 aliphatic heterocycles. The lowest BCUT2D eigenvalue weighted by Crippen LogP contribution is -2.47. The lowest BCUT2D eigenvalue weighted by atomic mass is 10.1. The van der Waals surface area contributed by atoms with Crippen LogP contribution in [-0.4, -0.2) is 91.7 Å². The molecule has 2 fully saturated rings. The molecular formula is C31H37N6O5+. The number of carbonyl (C=O) groups excluding carboxylic acids is 2. The molecule has 6 rings (SSSR count). The molecule has 0 bridgehead atoms. The van der Waals surface area contributed by atoms with Crippen LogP contribution in [0.15, 0.2) is 72.1 Å². The number of morpholine rings is 2. The first-order chi connectivity index (χ1) is 20.5. The van der Waals surface area contributed by atoms with E-state index in [1.54, 1.807) is 46.2 Å². The fraction of sp³-hybridized carbons (Fsp3) is 0.419. The SMILES string of the molecule is CC1CN(C2=CCCN(c3ccc([N+](=O)Nc4ccc(N5CCC=C(N6CCOCC6)C5=O)cc4)cc3)C2=O)CCO1. The molecule has 0 spiro atoms. The monoisotopic (exact) mass is 573 g/mol. The highest BCUT2D eigenvalue weighted by Crippen LogP contribution is 2.28. The molecule has 2 saturated heterocycles. The number of hydrogen-bond acceptors (Lipinski definition) is 7. The summed E-state index contributed by atoms with van der Waals surface area (Å²) in [7, 11) is 0. The molecule has 2 aromatic rings. The minimum Gasteiger partial charge on any atom is -0.378 e. The van der Waals surface area contributed by atoms with Crippen LogP contribution < -0.4 is 15.2 Å². The van der Waals surface area contributed by atoms with Crippen molar-refractivity contribution in [3.05, 3.63) is 77.0 Å². The van der Waals surface area contributed by atoms with Crippen molar-refractivity contribution in [1.82, 2.24) is 9.80 Å². The van der Waals surface area contributed by atoms with Crippen molar-refractivity contribution in [2.24, 2.45) is 0 Å². The van der Waals surface area contributed by atoms with Gasteiger partial charge in [-0.25, -0.2) is 0 Å². The number of hydrogen-bond donors (Lipinski definition) is 1. The maximum Gasteiger partial charge on any atom is 0.292 e. The Labute approximate surface area is 245 Å². The first-order valence-corrected chi connectivity index (χ1v) is 14.7. The van der Waals surface area contributed by atoms with Crippen molar-refractivity contribution in [3.8, 4) is 0 Å². The quantitative estimate of drug-likeness (QED) is 0.398. The van der Waals surface area contributed by atoms with Crippen molar-refractivity contribution in [2.75, 3.05) is 74.3 Å². The molecule has 1 atom stereocenters. The van der Waals surface area contributed by atoms with Crippen molar-refractivity contribution in [2.45, 2.75) is 25.9 Å². The van der Waals surface area contributed by atoms with Gasteiger partial charge in [-0.1, -0.05) is 12.2 Å². The Morgan fingerprint density at radius 3 is 1.88 bits per heavy atom. The van der Waals surface area contributed by atoms with Crippen LogP contribution in [0.3, 0.4) is 0 Å². The fourth-order valence-corrected chi connectivity index (χ4v) is 5.84. The van der Waals surface area contributed by atoms with E-state index >= 15 is 0 Å². The van der Waals surface area contributed by atoms with Crippen LogP contribution in [0.4, 0.5) is 22.7 Å². The summed E-state index contributed by atoms with van der Waals surface area (Å²) in [5.41, 5.74) is 6.87. The molecule has 4 aliphatic rings. The summed E-state index contributed by atoms with van der Waals surface area (Å²) in [6.07, 6.45) is 5.68. The normalized spacial score (nSPS) is 21.7. The number of rotatable bonds is 7. The standard InChI is InChI=1S/C31H37N6O5/c1-23-22-34(18-21-42-23)29-5-3-15-36(31(29)39)26-10-12-27(13-11-26)37(40)32-24-6-8-25(9-7-24)35-14-2-4-28(30(35)38)33-16-19-41-20-17-33/h4-13,23H,2-3,14-22H2,1H3,(H,32,40)/q+1. The summed E-state index contributed by atoms with van der Waals surface area (Å²) in [6, 6.07) is 14.3. The van der Waals surface area contributed by atoms with E-state index in [0.717, 1.165) is 48.7 Å². The minimum absolute atomic E-state index is 0.0105. The third-order valence-corrected chi connectivity index (χ3v) is 8.05. The summed E-state index contributed by atoms with van der Waals surface area (Å²) >= 11 is 0. The van der Waals surface area contributed by atoms with Gasteiger partial charge >= 0.3 is 0 Å². The van der Waals surface area contributed by atoms with Gasteiger partial charge in [-0.2, -0.15) is 0 Å². The molecule has 220 valence electrons. The maximum absolute atomic E-state index is 13.3. The summed E-state index contributed by atoms with van der Waals surface area (Å²) < 4.78 is 11.1. The van der Waals surface area contributed by atoms with Crippen LogP contribution in [-0.2, 0) is 19.1 Å². The van der Waals surface area contributed by atoms with Gasteiger partial charge in [0, 0.05) is 62.8 Å². The third kappa shape index (κ3) is 5.88. The molecule has 4 heterocycles. The fourth-order valence-electron chi connectivity index (χ4n) is 5.84. The topological polar surface area (TPSA) is 97.7 Å². The van der Waals surface area contributed by atoms with Gasteiger partial charge in [0.05, 0.1) is 42.2 Å². The summed E-state index contributed by atoms with van der Waals surface area (Å²) in [6.45, 7) is 7.92. The molecular weight excluding hydrogens is 536 g/mol. The van der Waals surface area contributed by atoms with Crippen LogP contribution in [0.1, 0.15) is 19.8 Å². The molecule has 0 aliphatic carbocycles. The Morgan fingerprint density at radius 1 is 0.738 bits per heavy atom. The Hall–Kier alpha value is -4.22. The van der Waals surface area contributed by atoms with Gasteiger partial charge in [0.2, 0.25) is 0 Å². The first kappa shape index (κ1) is 27.9. The number of benzene rings is 2. The average molecular weight is 574 g/mol. The van der Waals surface area contributed by atoms with E-state index < -0.39 is 0 Å². The molecule has 11 nitrogen and oxygen atoms in total. The van der Waals surface area contributed by atoms with Gasteiger partial charge in [-0.05, 0) is 56.2 Å². The molecule has 2 amide bonds. The van der Waals surface area contributed by atoms with E-state index in [4.69, 9.17) is 9.47 Å². The summed E-state index contributed by atoms with van der Waals surface area (Å²) in [4.78, 5) is 47.9. The predicted molar refractivity (Wildman–Crippen MR) is 159 cm³/mol. The number of nitroso groups, excluding NO2 is 1. The highest BCUT2D eigenvalue weighted by molar-refractivity contribution is 6.06. The largest absolute Gasteiger partial charge is 0.378 e. The van der Waals surface area contributed by atoms with E-state index in [2.05, 4.69) is 15.2 Å². The van der Waals surface area contributed by atoms with Crippen LogP contribution >= 0.6 is 0 Å². The molecule has 0 aromatic heterocycles. The number of nitrogens with zero attached hydrogens (tertiary/aromatic N) is 5. The third-order valence-electron chi connectivity index (χ3n) is 8.05. The molecule has 0 saturated carbocycles. The lowest BCUT2D eigenvalue weighted by Gasteiger charge is -2.37. The van der Waals surface area contributed by atoms with E-state index in [1.165, 1.54) is 0 Å². The highest BCUT2D eigenvalue weighted by Gasteiger charge is 2.31. The second kappa shape index (κ2) is 12.3. The van der Waals surface area contributed by atoms with Gasteiger partial charge in [0.25, 0.3) is 17.5 Å². The molecule has 42 heavy (non-hydrogen) atoms. The van der Waals surface area contributed by atoms with Crippen LogP contribution in [0.2, 0.25) is 0 Å². The number of ether oxygens (including phenoxy) is 2. The zero-order valence-electron chi connectivity index (χ0n) is 23.9. The van der Waals surface area contributed by atoms with E-state index in [1.807, 2.05) is 31.2 Å². The highest BCUT2D eigenvalue weighted by atomic mass is 16.5. The van der Waals surface area contributed by atoms with E-state index in [9.17, 15) is 14.5 Å². The summed E-state index contributed by atoms with van der Waals surface area (Å²) in [5.74, 6) is -0.0382. The Kier molecular flexibility index (Phi) is 8.20. The molecule has 2 aromatic carbocycles. The van der Waals surface area contributed by atoms with Crippen molar-refractivity contribution in [3.63, 3.8) is 0 Å². The van der Waals surface area contributed by atoms with E-state index in [0.29, 0.717) is 62.2 Å². The van der Waals surface area contributed by atoms with Gasteiger partial charge in [0.15, 0.2) is 4.87 Å².